The van der Waals surface area contributed by atoms with E-state index in [1.54, 1.807) is 22.7 Å². The lowest BCUT2D eigenvalue weighted by molar-refractivity contribution is -0.118. The van der Waals surface area contributed by atoms with E-state index in [0.717, 1.165) is 46.0 Å². The number of aromatic amines is 1. The first kappa shape index (κ1) is 33.3. The number of hydrogen-bond donors (Lipinski definition) is 4. The molecule has 5 aromatic heterocycles. The molecule has 2 aromatic carbocycles. The Hall–Kier alpha value is -5.21. The summed E-state index contributed by atoms with van der Waals surface area (Å²) in [4.78, 5) is 25.3. The van der Waals surface area contributed by atoms with Gasteiger partial charge in [-0.2, -0.15) is 15.2 Å². The maximum absolute atomic E-state index is 10.4. The summed E-state index contributed by atoms with van der Waals surface area (Å²) in [7, 11) is 2.00. The summed E-state index contributed by atoms with van der Waals surface area (Å²) in [6.07, 6.45) is 2.32. The normalized spacial score (nSPS) is 12.4. The molecule has 252 valence electrons. The Morgan fingerprint density at radius 2 is 1.82 bits per heavy atom. The van der Waals surface area contributed by atoms with Crippen LogP contribution in [0, 0.1) is 11.3 Å². The lowest BCUT2D eigenvalue weighted by atomic mass is 10.1. The average Bonchev–Trinajstić information content (AvgIpc) is 3.95. The maximum Gasteiger partial charge on any atom is 0.245 e. The zero-order chi connectivity index (χ0) is 34.5. The van der Waals surface area contributed by atoms with Crippen LogP contribution in [-0.4, -0.2) is 56.6 Å². The van der Waals surface area contributed by atoms with Crippen LogP contribution in [-0.2, 0) is 17.9 Å². The van der Waals surface area contributed by atoms with Gasteiger partial charge in [-0.3, -0.25) is 5.32 Å². The third-order valence-electron chi connectivity index (χ3n) is 7.62. The van der Waals surface area contributed by atoms with Crippen molar-refractivity contribution in [2.75, 3.05) is 30.8 Å². The van der Waals surface area contributed by atoms with Crippen molar-refractivity contribution in [3.05, 3.63) is 100 Å². The molecule has 50 heavy (non-hydrogen) atoms. The molecule has 5 N–H and O–H groups in total. The molecule has 1 atom stereocenters. The topological polar surface area (TPSA) is 171 Å². The monoisotopic (exact) mass is 721 g/mol. The first-order valence-electron chi connectivity index (χ1n) is 15.5. The molecular formula is C35H31N9O3S3. The highest BCUT2D eigenvalue weighted by atomic mass is 32.1. The molecule has 0 bridgehead atoms. The van der Waals surface area contributed by atoms with Gasteiger partial charge in [-0.1, -0.05) is 36.4 Å². The van der Waals surface area contributed by atoms with Crippen LogP contribution in [0.4, 0.5) is 10.9 Å². The molecule has 0 aliphatic heterocycles. The van der Waals surface area contributed by atoms with Gasteiger partial charge in [0, 0.05) is 34.8 Å². The fraction of sp³-hybridized carbons (Fsp3) is 0.171. The fourth-order valence-corrected chi connectivity index (χ4v) is 7.97. The molecule has 0 saturated carbocycles. The average molecular weight is 722 g/mol. The van der Waals surface area contributed by atoms with Crippen molar-refractivity contribution < 1.29 is 14.6 Å². The number of allylic oxidation sites excluding steroid dienone is 1. The SMILES string of the molecule is CN(CCOC(O)NCc1ccc(COc2nc(N)nc3nc[nH]c23)cc1)c1ccc(-c2ccc(/C=C(\C#N)c3nc4ccccc4s3)s2)s1. The van der Waals surface area contributed by atoms with E-state index in [1.165, 1.54) is 17.7 Å². The van der Waals surface area contributed by atoms with Crippen molar-refractivity contribution in [2.24, 2.45) is 0 Å². The van der Waals surface area contributed by atoms with Crippen molar-refractivity contribution >= 4 is 78.0 Å². The zero-order valence-corrected chi connectivity index (χ0v) is 29.2. The number of hydrogen-bond acceptors (Lipinski definition) is 14. The number of ether oxygens (including phenoxy) is 2. The molecule has 5 heterocycles. The number of imidazole rings is 1. The van der Waals surface area contributed by atoms with Crippen molar-refractivity contribution in [1.29, 1.82) is 5.26 Å². The van der Waals surface area contributed by atoms with Gasteiger partial charge in [0.25, 0.3) is 0 Å². The Kier molecular flexibility index (Phi) is 10.1. The second-order valence-electron chi connectivity index (χ2n) is 11.1. The van der Waals surface area contributed by atoms with Gasteiger partial charge in [-0.25, -0.2) is 9.97 Å². The summed E-state index contributed by atoms with van der Waals surface area (Å²) in [5.74, 6) is 0.444. The largest absolute Gasteiger partial charge is 0.471 e. The smallest absolute Gasteiger partial charge is 0.245 e. The molecule has 7 aromatic rings. The quantitative estimate of drug-likeness (QED) is 0.0714. The second-order valence-corrected chi connectivity index (χ2v) is 14.3. The number of H-pyrrole nitrogens is 1. The molecule has 0 saturated heterocycles. The summed E-state index contributed by atoms with van der Waals surface area (Å²) < 4.78 is 12.5. The molecule has 0 radical (unpaired) electrons. The Morgan fingerprint density at radius 1 is 1.02 bits per heavy atom. The molecule has 0 spiro atoms. The minimum Gasteiger partial charge on any atom is -0.471 e. The summed E-state index contributed by atoms with van der Waals surface area (Å²) in [6, 6.07) is 26.4. The van der Waals surface area contributed by atoms with Gasteiger partial charge in [-0.05, 0) is 53.6 Å². The molecule has 15 heteroatoms. The van der Waals surface area contributed by atoms with E-state index < -0.39 is 6.41 Å². The zero-order valence-electron chi connectivity index (χ0n) is 26.7. The van der Waals surface area contributed by atoms with Crippen LogP contribution >= 0.6 is 34.0 Å². The Morgan fingerprint density at radius 3 is 2.66 bits per heavy atom. The van der Waals surface area contributed by atoms with Crippen LogP contribution in [0.15, 0.2) is 79.1 Å². The molecule has 7 rings (SSSR count). The van der Waals surface area contributed by atoms with Gasteiger partial charge in [-0.15, -0.1) is 34.0 Å². The molecule has 0 aliphatic rings. The standard InChI is InChI=1S/C35H31N9O3S3/c1-44(29-13-12-28(49-29)27-11-10-24(48-27)16-23(17-36)33-41-25-4-2-3-5-26(25)50-33)14-15-46-35(45)38-18-21-6-8-22(9-7-21)19-47-32-30-31(40-20-39-30)42-34(37)43-32/h2-13,16,20,35,38,45H,14-15,18-19H2,1H3,(H3,37,39,40,42,43)/b23-16+. The van der Waals surface area contributed by atoms with E-state index in [2.05, 4.69) is 59.4 Å². The lowest BCUT2D eigenvalue weighted by Gasteiger charge is -2.19. The van der Waals surface area contributed by atoms with E-state index in [0.29, 0.717) is 48.9 Å². The number of aliphatic hydroxyl groups is 1. The Bertz CT molecular complexity index is 2270. The molecule has 1 unspecified atom stereocenters. The highest BCUT2D eigenvalue weighted by Crippen LogP contribution is 2.38. The summed E-state index contributed by atoms with van der Waals surface area (Å²) >= 11 is 4.85. The van der Waals surface area contributed by atoms with Gasteiger partial charge in [0.2, 0.25) is 18.2 Å². The van der Waals surface area contributed by atoms with Gasteiger partial charge >= 0.3 is 0 Å². The van der Waals surface area contributed by atoms with Gasteiger partial charge in [0.15, 0.2) is 5.65 Å². The first-order chi connectivity index (χ1) is 24.4. The molecular weight excluding hydrogens is 691 g/mol. The van der Waals surface area contributed by atoms with Gasteiger partial charge < -0.3 is 30.2 Å². The molecule has 0 fully saturated rings. The summed E-state index contributed by atoms with van der Waals surface area (Å²) in [5, 5.41) is 25.0. The summed E-state index contributed by atoms with van der Waals surface area (Å²) in [5.41, 5.74) is 10.2. The number of nitrogens with one attached hydrogen (secondary N) is 2. The highest BCUT2D eigenvalue weighted by molar-refractivity contribution is 7.24. The van der Waals surface area contributed by atoms with Gasteiger partial charge in [0.05, 0.1) is 33.7 Å². The number of aromatic nitrogens is 5. The van der Waals surface area contributed by atoms with E-state index >= 15 is 0 Å². The third kappa shape index (κ3) is 7.81. The number of anilines is 2. The number of benzene rings is 2. The van der Waals surface area contributed by atoms with Gasteiger partial charge in [0.1, 0.15) is 23.2 Å². The number of fused-ring (bicyclic) bond motifs is 2. The number of likely N-dealkylation sites (N-methyl/N-ethyl adjacent to an activating group) is 1. The van der Waals surface area contributed by atoms with Crippen LogP contribution in [0.5, 0.6) is 5.88 Å². The fourth-order valence-electron chi connectivity index (χ4n) is 5.01. The van der Waals surface area contributed by atoms with Crippen LogP contribution in [0.3, 0.4) is 0 Å². The van der Waals surface area contributed by atoms with Crippen molar-refractivity contribution in [2.45, 2.75) is 19.6 Å². The Balaban J connectivity index is 0.855. The van der Waals surface area contributed by atoms with Crippen LogP contribution in [0.1, 0.15) is 21.0 Å². The van der Waals surface area contributed by atoms with E-state index in [-0.39, 0.29) is 5.95 Å². The van der Waals surface area contributed by atoms with E-state index in [4.69, 9.17) is 15.2 Å². The van der Waals surface area contributed by atoms with E-state index in [9.17, 15) is 10.4 Å². The van der Waals surface area contributed by atoms with Crippen molar-refractivity contribution in [3.63, 3.8) is 0 Å². The molecule has 0 amide bonds. The number of nitrogen functional groups attached to an aromatic ring is 1. The summed E-state index contributed by atoms with van der Waals surface area (Å²) in [6.45, 7) is 1.66. The van der Waals surface area contributed by atoms with E-state index in [1.807, 2.05) is 67.7 Å². The number of rotatable bonds is 14. The number of nitriles is 1. The van der Waals surface area contributed by atoms with Crippen LogP contribution < -0.4 is 20.7 Å². The van der Waals surface area contributed by atoms with Crippen LogP contribution in [0.2, 0.25) is 0 Å². The number of para-hydroxylation sites is 1. The third-order valence-corrected chi connectivity index (χ3v) is 11.1. The minimum absolute atomic E-state index is 0.0979. The highest BCUT2D eigenvalue weighted by Gasteiger charge is 2.13. The number of aliphatic hydroxyl groups excluding tert-OH is 1. The van der Waals surface area contributed by atoms with Crippen molar-refractivity contribution in [3.8, 4) is 21.7 Å². The lowest BCUT2D eigenvalue weighted by Crippen LogP contribution is -2.33. The molecule has 12 nitrogen and oxygen atoms in total. The maximum atomic E-state index is 10.4. The number of thiophene rings is 2. The predicted octanol–water partition coefficient (Wildman–Crippen LogP) is 6.50. The second kappa shape index (κ2) is 15.1. The number of nitrogens with zero attached hydrogens (tertiary/aromatic N) is 6. The number of thiazole rings is 1. The van der Waals surface area contributed by atoms with Crippen LogP contribution in [0.25, 0.3) is 42.8 Å². The molecule has 0 aliphatic carbocycles. The first-order valence-corrected chi connectivity index (χ1v) is 18.0. The Labute approximate surface area is 299 Å². The number of nitrogens with two attached hydrogens (primary N) is 1. The predicted molar refractivity (Wildman–Crippen MR) is 200 cm³/mol. The minimum atomic E-state index is -1.11. The van der Waals surface area contributed by atoms with Crippen molar-refractivity contribution in [1.82, 2.24) is 30.2 Å².